The topological polar surface area (TPSA) is 107 Å². The van der Waals surface area contributed by atoms with Crippen molar-refractivity contribution in [1.29, 1.82) is 0 Å². The van der Waals surface area contributed by atoms with Crippen molar-refractivity contribution in [3.05, 3.63) is 72.3 Å². The van der Waals surface area contributed by atoms with E-state index in [2.05, 4.69) is 60.0 Å². The summed E-state index contributed by atoms with van der Waals surface area (Å²) in [6, 6.07) is 23.0. The Kier molecular flexibility index (Phi) is 9.49. The number of aliphatic carboxylic acids is 1. The lowest BCUT2D eigenvalue weighted by molar-refractivity contribution is -0.192. The average molecular weight is 582 g/mol. The highest BCUT2D eigenvalue weighted by Crippen LogP contribution is 2.30. The summed E-state index contributed by atoms with van der Waals surface area (Å²) >= 11 is 0. The minimum Gasteiger partial charge on any atom is -0.475 e. The SMILES string of the molecule is C[C@@H](NC(=O)C1CCC(Nc2nc(N(C)C)c3ccccc3n2)CC1)c1cccc2ccccc12.O=C(O)C(F)(F)F. The summed E-state index contributed by atoms with van der Waals surface area (Å²) in [6.45, 7) is 2.08. The third-order valence-corrected chi connectivity index (χ3v) is 7.33. The summed E-state index contributed by atoms with van der Waals surface area (Å²) in [5.41, 5.74) is 2.10. The van der Waals surface area contributed by atoms with Gasteiger partial charge in [-0.25, -0.2) is 9.78 Å². The largest absolute Gasteiger partial charge is 0.490 e. The number of hydrogen-bond donors (Lipinski definition) is 3. The lowest BCUT2D eigenvalue weighted by atomic mass is 9.85. The van der Waals surface area contributed by atoms with Crippen LogP contribution in [0, 0.1) is 5.92 Å². The van der Waals surface area contributed by atoms with Crippen LogP contribution in [0.3, 0.4) is 0 Å². The zero-order valence-corrected chi connectivity index (χ0v) is 23.7. The number of nitrogens with one attached hydrogen (secondary N) is 2. The molecule has 1 aliphatic rings. The highest BCUT2D eigenvalue weighted by molar-refractivity contribution is 5.90. The molecule has 0 aliphatic heterocycles. The maximum atomic E-state index is 13.1. The summed E-state index contributed by atoms with van der Waals surface area (Å²) in [5, 5.41) is 17.4. The molecule has 3 aromatic carbocycles. The number of rotatable bonds is 6. The number of benzene rings is 3. The van der Waals surface area contributed by atoms with E-state index in [-0.39, 0.29) is 23.9 Å². The highest BCUT2D eigenvalue weighted by Gasteiger charge is 2.38. The van der Waals surface area contributed by atoms with Crippen molar-refractivity contribution in [3.8, 4) is 0 Å². The molecular formula is C31H34F3N5O3. The van der Waals surface area contributed by atoms with Gasteiger partial charge >= 0.3 is 12.1 Å². The second-order valence-corrected chi connectivity index (χ2v) is 10.6. The standard InChI is InChI=1S/C29H33N5O.C2HF3O2/c1-19(23-13-8-10-20-9-4-5-11-24(20)23)30-28(35)21-15-17-22(18-16-21)31-29-32-26-14-7-6-12-25(26)27(33-29)34(2)3;3-2(4,5)1(6)7/h4-14,19,21-22H,15-18H2,1-3H3,(H,30,35)(H,31,32,33);(H,6,7)/t19-,21?,22?;/m1./s1. The highest BCUT2D eigenvalue weighted by atomic mass is 19.4. The molecule has 42 heavy (non-hydrogen) atoms. The van der Waals surface area contributed by atoms with E-state index in [9.17, 15) is 18.0 Å². The zero-order valence-electron chi connectivity index (χ0n) is 23.7. The average Bonchev–Trinajstić information content (AvgIpc) is 2.96. The van der Waals surface area contributed by atoms with Crippen molar-refractivity contribution < 1.29 is 27.9 Å². The van der Waals surface area contributed by atoms with Gasteiger partial charge in [0.2, 0.25) is 11.9 Å². The van der Waals surface area contributed by atoms with E-state index in [1.165, 1.54) is 10.8 Å². The number of nitrogens with zero attached hydrogens (tertiary/aromatic N) is 3. The number of carbonyl (C=O) groups excluding carboxylic acids is 1. The van der Waals surface area contributed by atoms with E-state index in [0.717, 1.165) is 48.0 Å². The zero-order chi connectivity index (χ0) is 30.4. The van der Waals surface area contributed by atoms with E-state index in [1.54, 1.807) is 0 Å². The molecule has 222 valence electrons. The Labute approximate surface area is 242 Å². The number of anilines is 2. The fourth-order valence-corrected chi connectivity index (χ4v) is 5.18. The van der Waals surface area contributed by atoms with Gasteiger partial charge in [0.15, 0.2) is 0 Å². The van der Waals surface area contributed by atoms with Crippen molar-refractivity contribution in [2.45, 2.75) is 50.9 Å². The fraction of sp³-hybridized carbons (Fsp3) is 0.355. The molecule has 0 radical (unpaired) electrons. The molecule has 0 saturated heterocycles. The number of fused-ring (bicyclic) bond motifs is 2. The predicted octanol–water partition coefficient (Wildman–Crippen LogP) is 6.33. The van der Waals surface area contributed by atoms with Crippen molar-refractivity contribution in [1.82, 2.24) is 15.3 Å². The second kappa shape index (κ2) is 13.1. The second-order valence-electron chi connectivity index (χ2n) is 10.6. The van der Waals surface area contributed by atoms with Crippen LogP contribution in [0.25, 0.3) is 21.7 Å². The molecule has 1 heterocycles. The molecule has 1 aromatic heterocycles. The van der Waals surface area contributed by atoms with Crippen LogP contribution in [0.4, 0.5) is 24.9 Å². The Morgan fingerprint density at radius 2 is 1.50 bits per heavy atom. The number of halogens is 3. The van der Waals surface area contributed by atoms with E-state index in [1.807, 2.05) is 43.3 Å². The maximum absolute atomic E-state index is 13.1. The van der Waals surface area contributed by atoms with Crippen LogP contribution >= 0.6 is 0 Å². The van der Waals surface area contributed by atoms with E-state index in [4.69, 9.17) is 19.9 Å². The van der Waals surface area contributed by atoms with Crippen LogP contribution in [-0.2, 0) is 9.59 Å². The molecule has 1 fully saturated rings. The van der Waals surface area contributed by atoms with Gasteiger partial charge in [-0.1, -0.05) is 54.6 Å². The number of hydrogen-bond acceptors (Lipinski definition) is 6. The number of carbonyl (C=O) groups is 2. The molecule has 1 atom stereocenters. The lowest BCUT2D eigenvalue weighted by Crippen LogP contribution is -2.37. The quantitative estimate of drug-likeness (QED) is 0.244. The Bertz CT molecular complexity index is 1550. The van der Waals surface area contributed by atoms with Crippen molar-refractivity contribution in [2.75, 3.05) is 24.3 Å². The fourth-order valence-electron chi connectivity index (χ4n) is 5.18. The van der Waals surface area contributed by atoms with Crippen LogP contribution in [0.2, 0.25) is 0 Å². The van der Waals surface area contributed by atoms with Crippen LogP contribution in [0.5, 0.6) is 0 Å². The van der Waals surface area contributed by atoms with E-state index >= 15 is 0 Å². The van der Waals surface area contributed by atoms with E-state index in [0.29, 0.717) is 5.95 Å². The van der Waals surface area contributed by atoms with Gasteiger partial charge in [0.05, 0.1) is 11.6 Å². The Morgan fingerprint density at radius 1 is 0.905 bits per heavy atom. The Balaban J connectivity index is 0.000000517. The van der Waals surface area contributed by atoms with Crippen LogP contribution in [-0.4, -0.2) is 53.3 Å². The normalized spacial score (nSPS) is 17.6. The molecule has 3 N–H and O–H groups in total. The number of aromatic nitrogens is 2. The van der Waals surface area contributed by atoms with Crippen molar-refractivity contribution >= 4 is 45.3 Å². The van der Waals surface area contributed by atoms with Gasteiger partial charge in [-0.05, 0) is 61.1 Å². The number of alkyl halides is 3. The molecular weight excluding hydrogens is 547 g/mol. The predicted molar refractivity (Wildman–Crippen MR) is 157 cm³/mol. The molecule has 1 aliphatic carbocycles. The summed E-state index contributed by atoms with van der Waals surface area (Å²) in [5.74, 6) is -0.993. The minimum atomic E-state index is -5.08. The minimum absolute atomic E-state index is 0.0279. The molecule has 1 amide bonds. The summed E-state index contributed by atoms with van der Waals surface area (Å²) in [6.07, 6.45) is -1.51. The summed E-state index contributed by atoms with van der Waals surface area (Å²) in [4.78, 5) is 33.5. The third kappa shape index (κ3) is 7.45. The van der Waals surface area contributed by atoms with Gasteiger partial charge in [-0.15, -0.1) is 0 Å². The first kappa shape index (κ1) is 30.5. The van der Waals surface area contributed by atoms with Gasteiger partial charge in [-0.2, -0.15) is 18.2 Å². The van der Waals surface area contributed by atoms with Crippen LogP contribution in [0.1, 0.15) is 44.2 Å². The number of carboxylic acids is 1. The van der Waals surface area contributed by atoms with Crippen molar-refractivity contribution in [3.63, 3.8) is 0 Å². The van der Waals surface area contributed by atoms with Crippen LogP contribution < -0.4 is 15.5 Å². The van der Waals surface area contributed by atoms with Crippen LogP contribution in [0.15, 0.2) is 66.7 Å². The smallest absolute Gasteiger partial charge is 0.475 e. The van der Waals surface area contributed by atoms with Gasteiger partial charge in [0.25, 0.3) is 0 Å². The Morgan fingerprint density at radius 3 is 2.14 bits per heavy atom. The molecule has 1 saturated carbocycles. The number of carboxylic acid groups (broad SMARTS) is 1. The third-order valence-electron chi connectivity index (χ3n) is 7.33. The molecule has 8 nitrogen and oxygen atoms in total. The number of amides is 1. The van der Waals surface area contributed by atoms with Gasteiger partial charge in [-0.3, -0.25) is 4.79 Å². The molecule has 5 rings (SSSR count). The lowest BCUT2D eigenvalue weighted by Gasteiger charge is -2.29. The molecule has 0 spiro atoms. The summed E-state index contributed by atoms with van der Waals surface area (Å²) < 4.78 is 31.7. The maximum Gasteiger partial charge on any atom is 0.490 e. The first-order chi connectivity index (χ1) is 19.9. The summed E-state index contributed by atoms with van der Waals surface area (Å²) in [7, 11) is 4.00. The van der Waals surface area contributed by atoms with Gasteiger partial charge < -0.3 is 20.6 Å². The van der Waals surface area contributed by atoms with Gasteiger partial charge in [0, 0.05) is 31.4 Å². The molecule has 0 unspecified atom stereocenters. The van der Waals surface area contributed by atoms with Crippen molar-refractivity contribution in [2.24, 2.45) is 5.92 Å². The molecule has 0 bridgehead atoms. The number of para-hydroxylation sites is 1. The Hall–Kier alpha value is -4.41. The molecule has 4 aromatic rings. The first-order valence-corrected chi connectivity index (χ1v) is 13.7. The van der Waals surface area contributed by atoms with E-state index < -0.39 is 12.1 Å². The molecule has 11 heteroatoms. The monoisotopic (exact) mass is 581 g/mol. The first-order valence-electron chi connectivity index (χ1n) is 13.7. The van der Waals surface area contributed by atoms with Gasteiger partial charge in [0.1, 0.15) is 5.82 Å².